The summed E-state index contributed by atoms with van der Waals surface area (Å²) >= 11 is 1.24. The van der Waals surface area contributed by atoms with Crippen LogP contribution < -0.4 is 21.3 Å². The quantitative estimate of drug-likeness (QED) is 0.241. The predicted octanol–water partition coefficient (Wildman–Crippen LogP) is 2.28. The van der Waals surface area contributed by atoms with Gasteiger partial charge in [0.15, 0.2) is 0 Å². The molecule has 0 spiro atoms. The maximum Gasteiger partial charge on any atom is 0.271 e. The summed E-state index contributed by atoms with van der Waals surface area (Å²) in [6.45, 7) is 5.69. The first kappa shape index (κ1) is 40.5. The molecule has 56 heavy (non-hydrogen) atoms. The average molecular weight is 786 g/mol. The number of rotatable bonds is 7. The fourth-order valence-electron chi connectivity index (χ4n) is 7.73. The molecule has 5 N–H and O–H groups in total. The summed E-state index contributed by atoms with van der Waals surface area (Å²) in [4.78, 5) is 92.5. The second-order valence-corrected chi connectivity index (χ2v) is 15.9. The van der Waals surface area contributed by atoms with E-state index in [0.717, 1.165) is 11.1 Å². The number of benzene rings is 2. The molecule has 2 fully saturated rings. The molecule has 298 valence electrons. The van der Waals surface area contributed by atoms with Gasteiger partial charge in [-0.25, -0.2) is 4.98 Å². The van der Waals surface area contributed by atoms with Crippen LogP contribution in [0.2, 0.25) is 0 Å². The summed E-state index contributed by atoms with van der Waals surface area (Å²) in [6, 6.07) is 12.4. The van der Waals surface area contributed by atoms with Crippen molar-refractivity contribution in [2.24, 2.45) is 5.92 Å². The average Bonchev–Trinajstić information content (AvgIpc) is 3.99. The molecule has 2 saturated heterocycles. The molecule has 3 aliphatic rings. The Kier molecular flexibility index (Phi) is 13.2. The third-order valence-corrected chi connectivity index (χ3v) is 12.0. The Morgan fingerprint density at radius 1 is 0.714 bits per heavy atom. The molecule has 1 aromatic heterocycles. The van der Waals surface area contributed by atoms with Gasteiger partial charge in [0.2, 0.25) is 29.5 Å². The SMILES string of the molecule is CC[C@H](C)[C@@H]1NC(=O)[C@@H]2CCCN2C(=O)[C@H](Cc2ccccc2)NC(=O)c2csc(n2)[C@@H]2CCCN2C(=O)[C@H](Cc2ccccc2)NC(=O)C([C@H](C)O)NC1=O. The number of thiazole rings is 1. The highest BCUT2D eigenvalue weighted by atomic mass is 32.1. The fourth-order valence-corrected chi connectivity index (χ4v) is 8.67. The zero-order valence-corrected chi connectivity index (χ0v) is 32.8. The first-order chi connectivity index (χ1) is 26.9. The van der Waals surface area contributed by atoms with E-state index in [0.29, 0.717) is 43.7 Å². The standard InChI is InChI=1S/C41H51N7O7S/c1-4-24(2)33-37(52)46-34(25(3)49)38(53)43-29(22-27-15-9-6-10-16-27)41(55)48-20-12-18-32(48)39-44-30(23-56-39)35(50)42-28(21-26-13-7-5-8-14-26)40(54)47-19-11-17-31(47)36(51)45-33/h5-10,13-16,23-25,28-29,31-34,49H,4,11-12,17-22H2,1-3H3,(H,42,50)(H,43,53)(H,45,51)(H,46,52)/t24-,25-,28-,29-,31-,32-,33-,34?/m0/s1. The van der Waals surface area contributed by atoms with Crippen molar-refractivity contribution in [2.45, 2.75) is 108 Å². The zero-order valence-electron chi connectivity index (χ0n) is 32.0. The Bertz CT molecular complexity index is 1890. The van der Waals surface area contributed by atoms with Gasteiger partial charge in [0.1, 0.15) is 40.9 Å². The number of fused-ring (bicyclic) bond motifs is 5. The van der Waals surface area contributed by atoms with Gasteiger partial charge >= 0.3 is 0 Å². The smallest absolute Gasteiger partial charge is 0.271 e. The molecule has 2 bridgehead atoms. The van der Waals surface area contributed by atoms with Crippen molar-refractivity contribution in [1.82, 2.24) is 36.1 Å². The molecule has 0 radical (unpaired) electrons. The third-order valence-electron chi connectivity index (χ3n) is 11.1. The van der Waals surface area contributed by atoms with E-state index in [1.807, 2.05) is 67.6 Å². The predicted molar refractivity (Wildman–Crippen MR) is 209 cm³/mol. The first-order valence-electron chi connectivity index (χ1n) is 19.5. The van der Waals surface area contributed by atoms with Gasteiger partial charge in [-0.3, -0.25) is 28.8 Å². The van der Waals surface area contributed by atoms with E-state index in [2.05, 4.69) is 26.3 Å². The van der Waals surface area contributed by atoms with Gasteiger partial charge in [-0.1, -0.05) is 80.9 Å². The van der Waals surface area contributed by atoms with E-state index in [9.17, 15) is 33.9 Å². The second-order valence-electron chi connectivity index (χ2n) is 15.0. The van der Waals surface area contributed by atoms with Crippen molar-refractivity contribution < 1.29 is 33.9 Å². The molecule has 1 unspecified atom stereocenters. The van der Waals surface area contributed by atoms with Gasteiger partial charge in [0.05, 0.1) is 12.1 Å². The van der Waals surface area contributed by atoms with Gasteiger partial charge in [-0.05, 0) is 49.7 Å². The Morgan fingerprint density at radius 2 is 1.23 bits per heavy atom. The van der Waals surface area contributed by atoms with E-state index in [1.54, 1.807) is 17.2 Å². The lowest BCUT2D eigenvalue weighted by molar-refractivity contribution is -0.141. The topological polar surface area (TPSA) is 190 Å². The van der Waals surface area contributed by atoms with E-state index in [4.69, 9.17) is 0 Å². The Labute approximate surface area is 330 Å². The van der Waals surface area contributed by atoms with Crippen LogP contribution in [0.5, 0.6) is 0 Å². The molecular formula is C41H51N7O7S. The number of amides is 6. The molecule has 4 heterocycles. The lowest BCUT2D eigenvalue weighted by atomic mass is 9.96. The number of carbonyl (C=O) groups excluding carboxylic acids is 6. The monoisotopic (exact) mass is 785 g/mol. The van der Waals surface area contributed by atoms with Crippen LogP contribution >= 0.6 is 11.3 Å². The van der Waals surface area contributed by atoms with Crippen molar-refractivity contribution in [3.63, 3.8) is 0 Å². The number of aliphatic hydroxyl groups excluding tert-OH is 1. The lowest BCUT2D eigenvalue weighted by Crippen LogP contribution is -2.62. The van der Waals surface area contributed by atoms with Gasteiger partial charge in [0, 0.05) is 31.3 Å². The van der Waals surface area contributed by atoms with E-state index < -0.39 is 77.8 Å². The van der Waals surface area contributed by atoms with Crippen LogP contribution in [0.25, 0.3) is 0 Å². The molecule has 0 aliphatic carbocycles. The normalized spacial score (nSPS) is 26.6. The molecule has 8 atom stereocenters. The lowest BCUT2D eigenvalue weighted by Gasteiger charge is -2.32. The van der Waals surface area contributed by atoms with Crippen molar-refractivity contribution in [1.29, 1.82) is 0 Å². The number of hydrogen-bond acceptors (Lipinski definition) is 9. The van der Waals surface area contributed by atoms with Crippen LogP contribution in [-0.2, 0) is 36.8 Å². The Hall–Kier alpha value is -5.15. The number of nitrogens with zero attached hydrogens (tertiary/aromatic N) is 3. The van der Waals surface area contributed by atoms with E-state index >= 15 is 0 Å². The molecule has 2 aromatic carbocycles. The van der Waals surface area contributed by atoms with Gasteiger partial charge in [0.25, 0.3) is 5.91 Å². The highest BCUT2D eigenvalue weighted by Crippen LogP contribution is 2.35. The molecule has 15 heteroatoms. The summed E-state index contributed by atoms with van der Waals surface area (Å²) in [6.07, 6.45) is 1.58. The number of aliphatic hydroxyl groups is 1. The maximum absolute atomic E-state index is 14.4. The molecule has 0 saturated carbocycles. The van der Waals surface area contributed by atoms with Crippen LogP contribution in [0.15, 0.2) is 66.0 Å². The van der Waals surface area contributed by atoms with Crippen molar-refractivity contribution in [3.8, 4) is 0 Å². The highest BCUT2D eigenvalue weighted by molar-refractivity contribution is 7.09. The largest absolute Gasteiger partial charge is 0.391 e. The number of carbonyl (C=O) groups is 6. The van der Waals surface area contributed by atoms with Gasteiger partial charge in [-0.2, -0.15) is 0 Å². The molecule has 6 amide bonds. The maximum atomic E-state index is 14.4. The molecule has 6 rings (SSSR count). The summed E-state index contributed by atoms with van der Waals surface area (Å²) in [7, 11) is 0. The molecule has 3 aliphatic heterocycles. The van der Waals surface area contributed by atoms with E-state index in [1.165, 1.54) is 23.2 Å². The van der Waals surface area contributed by atoms with Crippen molar-refractivity contribution >= 4 is 46.8 Å². The van der Waals surface area contributed by atoms with Crippen LogP contribution in [0, 0.1) is 5.92 Å². The van der Waals surface area contributed by atoms with Crippen LogP contribution in [-0.4, -0.2) is 105 Å². The Balaban J connectivity index is 1.39. The number of aromatic nitrogens is 1. The van der Waals surface area contributed by atoms with Crippen LogP contribution in [0.4, 0.5) is 0 Å². The summed E-state index contributed by atoms with van der Waals surface area (Å²) in [5, 5.41) is 24.2. The fraction of sp³-hybridized carbons (Fsp3) is 0.488. The molecule has 14 nitrogen and oxygen atoms in total. The van der Waals surface area contributed by atoms with Gasteiger partial charge in [-0.15, -0.1) is 11.3 Å². The van der Waals surface area contributed by atoms with E-state index in [-0.39, 0.29) is 31.0 Å². The zero-order chi connectivity index (χ0) is 39.9. The molecular weight excluding hydrogens is 735 g/mol. The van der Waals surface area contributed by atoms with Crippen molar-refractivity contribution in [2.75, 3.05) is 13.1 Å². The van der Waals surface area contributed by atoms with Crippen LogP contribution in [0.1, 0.15) is 85.5 Å². The summed E-state index contributed by atoms with van der Waals surface area (Å²) in [5.41, 5.74) is 1.70. The third kappa shape index (κ3) is 9.27. The summed E-state index contributed by atoms with van der Waals surface area (Å²) < 4.78 is 0. The minimum atomic E-state index is -1.46. The minimum Gasteiger partial charge on any atom is -0.391 e. The summed E-state index contributed by atoms with van der Waals surface area (Å²) in [5.74, 6) is -3.74. The second kappa shape index (κ2) is 18.2. The number of nitrogens with one attached hydrogen (secondary N) is 4. The Morgan fingerprint density at radius 3 is 1.80 bits per heavy atom. The minimum absolute atomic E-state index is 0.103. The first-order valence-corrected chi connectivity index (χ1v) is 20.4. The van der Waals surface area contributed by atoms with Crippen molar-refractivity contribution in [3.05, 3.63) is 87.9 Å². The van der Waals surface area contributed by atoms with Crippen LogP contribution in [0.3, 0.4) is 0 Å². The highest BCUT2D eigenvalue weighted by Gasteiger charge is 2.42. The molecule has 3 aromatic rings. The van der Waals surface area contributed by atoms with Gasteiger partial charge < -0.3 is 36.2 Å². The number of hydrogen-bond donors (Lipinski definition) is 5.